The van der Waals surface area contributed by atoms with E-state index < -0.39 is 6.04 Å². The van der Waals surface area contributed by atoms with Crippen LogP contribution >= 0.6 is 11.8 Å². The van der Waals surface area contributed by atoms with Crippen LogP contribution in [0.25, 0.3) is 0 Å². The van der Waals surface area contributed by atoms with Crippen LogP contribution in [-0.2, 0) is 16.1 Å². The molecule has 0 saturated carbocycles. The zero-order valence-corrected chi connectivity index (χ0v) is 20.3. The lowest BCUT2D eigenvalue weighted by molar-refractivity contribution is -0.136. The summed E-state index contributed by atoms with van der Waals surface area (Å²) in [6, 6.07) is 5.46. The number of carbonyl (C=O) groups excluding carboxylic acids is 3. The fourth-order valence-electron chi connectivity index (χ4n) is 4.91. The minimum Gasteiger partial charge on any atom is -0.322 e. The molecule has 2 N–H and O–H groups in total. The van der Waals surface area contributed by atoms with Crippen molar-refractivity contribution in [1.82, 2.24) is 20.4 Å². The number of piperidine rings is 1. The highest BCUT2D eigenvalue weighted by atomic mass is 32.2. The van der Waals surface area contributed by atoms with Crippen molar-refractivity contribution in [3.63, 3.8) is 0 Å². The van der Waals surface area contributed by atoms with E-state index in [1.807, 2.05) is 23.9 Å². The summed E-state index contributed by atoms with van der Waals surface area (Å²) in [4.78, 5) is 41.7. The quantitative estimate of drug-likeness (QED) is 0.293. The molecule has 0 aliphatic carbocycles. The Morgan fingerprint density at radius 1 is 0.970 bits per heavy atom. The van der Waals surface area contributed by atoms with Gasteiger partial charge < -0.3 is 15.1 Å². The van der Waals surface area contributed by atoms with Gasteiger partial charge in [-0.15, -0.1) is 11.8 Å². The van der Waals surface area contributed by atoms with Crippen LogP contribution in [0, 0.1) is 0 Å². The number of rotatable bonds is 11. The fourth-order valence-corrected chi connectivity index (χ4v) is 5.88. The Balaban J connectivity index is 1.12. The van der Waals surface area contributed by atoms with E-state index in [1.54, 1.807) is 4.90 Å². The van der Waals surface area contributed by atoms with Gasteiger partial charge in [0.25, 0.3) is 5.91 Å². The van der Waals surface area contributed by atoms with Crippen LogP contribution in [0.2, 0.25) is 0 Å². The molecule has 3 heterocycles. The molecule has 3 aliphatic rings. The second kappa shape index (κ2) is 12.0. The zero-order valence-electron chi connectivity index (χ0n) is 19.4. The molecule has 3 aliphatic heterocycles. The van der Waals surface area contributed by atoms with Crippen LogP contribution in [0.1, 0.15) is 67.3 Å². The van der Waals surface area contributed by atoms with Gasteiger partial charge in [-0.2, -0.15) is 0 Å². The number of thioether (sulfide) groups is 1. The van der Waals surface area contributed by atoms with E-state index in [0.29, 0.717) is 18.5 Å². The number of unbranched alkanes of at least 4 members (excludes halogenated alkanes) is 5. The van der Waals surface area contributed by atoms with Gasteiger partial charge in [0, 0.05) is 49.6 Å². The minimum absolute atomic E-state index is 0.104. The number of hydrogen-bond acceptors (Lipinski definition) is 6. The topological polar surface area (TPSA) is 81.8 Å². The number of benzene rings is 1. The Morgan fingerprint density at radius 2 is 1.73 bits per heavy atom. The van der Waals surface area contributed by atoms with Crippen molar-refractivity contribution < 1.29 is 14.4 Å². The molecule has 1 aromatic carbocycles. The SMILES string of the molecule is O=C1CCC(N2Cc3cc(SCCCCCCCCN4CCNCC4)ccc3C2=O)C(=O)N1. The van der Waals surface area contributed by atoms with E-state index in [9.17, 15) is 14.4 Å². The molecule has 0 spiro atoms. The number of carbonyl (C=O) groups is 3. The highest BCUT2D eigenvalue weighted by molar-refractivity contribution is 7.99. The summed E-state index contributed by atoms with van der Waals surface area (Å²) >= 11 is 1.85. The molecule has 1 atom stereocenters. The van der Waals surface area contributed by atoms with Gasteiger partial charge in [0.2, 0.25) is 11.8 Å². The van der Waals surface area contributed by atoms with Crippen molar-refractivity contribution in [2.45, 2.75) is 68.8 Å². The lowest BCUT2D eigenvalue weighted by Crippen LogP contribution is -2.52. The fraction of sp³-hybridized carbons (Fsp3) is 0.640. The second-order valence-corrected chi connectivity index (χ2v) is 10.4. The minimum atomic E-state index is -0.546. The molecule has 2 saturated heterocycles. The average Bonchev–Trinajstić information content (AvgIpc) is 3.14. The summed E-state index contributed by atoms with van der Waals surface area (Å²) in [5.41, 5.74) is 1.67. The Hall–Kier alpha value is -1.90. The van der Waals surface area contributed by atoms with Crippen LogP contribution in [0.4, 0.5) is 0 Å². The molecule has 1 unspecified atom stereocenters. The van der Waals surface area contributed by atoms with Crippen molar-refractivity contribution in [2.24, 2.45) is 0 Å². The third kappa shape index (κ3) is 6.58. The molecule has 0 radical (unpaired) electrons. The number of nitrogens with one attached hydrogen (secondary N) is 2. The van der Waals surface area contributed by atoms with E-state index in [4.69, 9.17) is 0 Å². The molecule has 7 nitrogen and oxygen atoms in total. The Labute approximate surface area is 201 Å². The molecule has 0 bridgehead atoms. The zero-order chi connectivity index (χ0) is 23.0. The maximum Gasteiger partial charge on any atom is 0.255 e. The third-order valence-electron chi connectivity index (χ3n) is 6.84. The molecule has 2 fully saturated rings. The molecule has 33 heavy (non-hydrogen) atoms. The second-order valence-electron chi connectivity index (χ2n) is 9.28. The first-order valence-electron chi connectivity index (χ1n) is 12.5. The van der Waals surface area contributed by atoms with Crippen LogP contribution in [-0.4, -0.2) is 72.0 Å². The Morgan fingerprint density at radius 3 is 2.52 bits per heavy atom. The summed E-state index contributed by atoms with van der Waals surface area (Å²) in [6.45, 7) is 6.36. The van der Waals surface area contributed by atoms with Crippen LogP contribution < -0.4 is 10.6 Å². The van der Waals surface area contributed by atoms with E-state index in [-0.39, 0.29) is 24.1 Å². The molecule has 180 valence electrons. The number of amides is 3. The summed E-state index contributed by atoms with van der Waals surface area (Å²) in [7, 11) is 0. The summed E-state index contributed by atoms with van der Waals surface area (Å²) < 4.78 is 0. The van der Waals surface area contributed by atoms with E-state index in [1.165, 1.54) is 63.1 Å². The normalized spacial score (nSPS) is 21.4. The third-order valence-corrected chi connectivity index (χ3v) is 7.92. The number of piperazine rings is 1. The van der Waals surface area contributed by atoms with Gasteiger partial charge in [0.05, 0.1) is 0 Å². The molecular weight excluding hydrogens is 436 g/mol. The molecule has 3 amide bonds. The summed E-state index contributed by atoms with van der Waals surface area (Å²) in [5.74, 6) is 0.373. The molecule has 8 heteroatoms. The van der Waals surface area contributed by atoms with Crippen molar-refractivity contribution >= 4 is 29.5 Å². The molecular formula is C25H36N4O3S. The Bertz CT molecular complexity index is 856. The van der Waals surface area contributed by atoms with Gasteiger partial charge in [-0.25, -0.2) is 0 Å². The first-order chi connectivity index (χ1) is 16.1. The van der Waals surface area contributed by atoms with Gasteiger partial charge in [-0.05, 0) is 55.3 Å². The predicted octanol–water partition coefficient (Wildman–Crippen LogP) is 2.79. The van der Waals surface area contributed by atoms with Gasteiger partial charge >= 0.3 is 0 Å². The van der Waals surface area contributed by atoms with Crippen LogP contribution in [0.5, 0.6) is 0 Å². The van der Waals surface area contributed by atoms with Gasteiger partial charge in [-0.1, -0.05) is 25.7 Å². The highest BCUT2D eigenvalue weighted by Crippen LogP contribution is 2.31. The standard InChI is InChI=1S/C25H36N4O3S/c30-23-10-9-22(24(31)27-23)29-18-19-17-20(7-8-21(19)25(29)32)33-16-6-4-2-1-3-5-13-28-14-11-26-12-15-28/h7-8,17,22,26H,1-6,9-16,18H2,(H,27,30,31). The van der Waals surface area contributed by atoms with E-state index >= 15 is 0 Å². The van der Waals surface area contributed by atoms with Crippen molar-refractivity contribution in [1.29, 1.82) is 0 Å². The van der Waals surface area contributed by atoms with Crippen LogP contribution in [0.3, 0.4) is 0 Å². The Kier molecular flexibility index (Phi) is 8.81. The number of nitrogens with zero attached hydrogens (tertiary/aromatic N) is 2. The highest BCUT2D eigenvalue weighted by Gasteiger charge is 2.39. The first-order valence-corrected chi connectivity index (χ1v) is 13.4. The van der Waals surface area contributed by atoms with Crippen molar-refractivity contribution in [3.05, 3.63) is 29.3 Å². The number of fused-ring (bicyclic) bond motifs is 1. The average molecular weight is 473 g/mol. The van der Waals surface area contributed by atoms with E-state index in [0.717, 1.165) is 24.4 Å². The van der Waals surface area contributed by atoms with E-state index in [2.05, 4.69) is 21.6 Å². The lowest BCUT2D eigenvalue weighted by atomic mass is 10.0. The van der Waals surface area contributed by atoms with Gasteiger partial charge in [-0.3, -0.25) is 19.7 Å². The number of imide groups is 1. The molecule has 1 aromatic rings. The lowest BCUT2D eigenvalue weighted by Gasteiger charge is -2.29. The van der Waals surface area contributed by atoms with Gasteiger partial charge in [0.1, 0.15) is 6.04 Å². The summed E-state index contributed by atoms with van der Waals surface area (Å²) in [5, 5.41) is 5.76. The smallest absolute Gasteiger partial charge is 0.255 e. The van der Waals surface area contributed by atoms with Crippen molar-refractivity contribution in [3.8, 4) is 0 Å². The van der Waals surface area contributed by atoms with Gasteiger partial charge in [0.15, 0.2) is 0 Å². The molecule has 0 aromatic heterocycles. The van der Waals surface area contributed by atoms with Crippen molar-refractivity contribution in [2.75, 3.05) is 38.5 Å². The molecule has 4 rings (SSSR count). The maximum atomic E-state index is 12.8. The maximum absolute atomic E-state index is 12.8. The largest absolute Gasteiger partial charge is 0.322 e. The van der Waals surface area contributed by atoms with Crippen LogP contribution in [0.15, 0.2) is 23.1 Å². The number of hydrogen-bond donors (Lipinski definition) is 2. The first kappa shape index (κ1) is 24.2. The summed E-state index contributed by atoms with van der Waals surface area (Å²) in [6.07, 6.45) is 8.46. The predicted molar refractivity (Wildman–Crippen MR) is 130 cm³/mol. The monoisotopic (exact) mass is 472 g/mol.